The fourth-order valence-electron chi connectivity index (χ4n) is 3.20. The molecule has 2 aromatic rings. The zero-order valence-corrected chi connectivity index (χ0v) is 19.8. The van der Waals surface area contributed by atoms with E-state index in [0.717, 1.165) is 4.47 Å². The molecule has 2 N–H and O–H groups in total. The first-order valence-corrected chi connectivity index (χ1v) is 11.2. The van der Waals surface area contributed by atoms with E-state index in [-0.39, 0.29) is 25.5 Å². The third-order valence-electron chi connectivity index (χ3n) is 4.92. The van der Waals surface area contributed by atoms with Crippen molar-refractivity contribution in [1.29, 1.82) is 0 Å². The number of carbonyl (C=O) groups is 5. The Labute approximate surface area is 203 Å². The molecule has 0 unspecified atom stereocenters. The van der Waals surface area contributed by atoms with Gasteiger partial charge in [-0.2, -0.15) is 0 Å². The SMILES string of the molecule is CCOC(=O)c1ccc(N2C[C@H](C(=O)OCC(=O)NNC(=O)c3ccc(Br)cc3)CC2=O)cc1. The minimum atomic E-state index is -0.748. The first-order chi connectivity index (χ1) is 16.3. The average molecular weight is 532 g/mol. The maximum Gasteiger partial charge on any atom is 0.338 e. The molecule has 0 spiro atoms. The topological polar surface area (TPSA) is 131 Å². The maximum atomic E-state index is 12.4. The van der Waals surface area contributed by atoms with Crippen LogP contribution in [0.2, 0.25) is 0 Å². The highest BCUT2D eigenvalue weighted by Crippen LogP contribution is 2.26. The number of hydrogen-bond donors (Lipinski definition) is 2. The summed E-state index contributed by atoms with van der Waals surface area (Å²) in [6, 6.07) is 12.8. The summed E-state index contributed by atoms with van der Waals surface area (Å²) >= 11 is 3.26. The highest BCUT2D eigenvalue weighted by Gasteiger charge is 2.36. The molecule has 1 saturated heterocycles. The molecule has 1 aliphatic heterocycles. The lowest BCUT2D eigenvalue weighted by Crippen LogP contribution is -2.43. The van der Waals surface area contributed by atoms with Crippen LogP contribution in [-0.4, -0.2) is 49.4 Å². The summed E-state index contributed by atoms with van der Waals surface area (Å²) in [6.45, 7) is 1.43. The molecule has 1 heterocycles. The van der Waals surface area contributed by atoms with E-state index in [0.29, 0.717) is 16.8 Å². The summed E-state index contributed by atoms with van der Waals surface area (Å²) in [5, 5.41) is 0. The molecule has 0 aliphatic carbocycles. The van der Waals surface area contributed by atoms with Gasteiger partial charge >= 0.3 is 11.9 Å². The second-order valence-electron chi connectivity index (χ2n) is 7.29. The number of carbonyl (C=O) groups excluding carboxylic acids is 5. The molecular weight excluding hydrogens is 510 g/mol. The van der Waals surface area contributed by atoms with Gasteiger partial charge in [-0.1, -0.05) is 15.9 Å². The first-order valence-electron chi connectivity index (χ1n) is 10.4. The summed E-state index contributed by atoms with van der Waals surface area (Å²) < 4.78 is 10.7. The molecule has 1 atom stereocenters. The van der Waals surface area contributed by atoms with Gasteiger partial charge in [0.15, 0.2) is 6.61 Å². The highest BCUT2D eigenvalue weighted by molar-refractivity contribution is 9.10. The van der Waals surface area contributed by atoms with Crippen LogP contribution >= 0.6 is 15.9 Å². The zero-order chi connectivity index (χ0) is 24.7. The molecule has 178 valence electrons. The fourth-order valence-corrected chi connectivity index (χ4v) is 3.46. The molecule has 0 bridgehead atoms. The van der Waals surface area contributed by atoms with Crippen LogP contribution in [0, 0.1) is 5.92 Å². The third-order valence-corrected chi connectivity index (χ3v) is 5.44. The van der Waals surface area contributed by atoms with E-state index in [1.807, 2.05) is 0 Å². The lowest BCUT2D eigenvalue weighted by molar-refractivity contribution is -0.152. The summed E-state index contributed by atoms with van der Waals surface area (Å²) in [7, 11) is 0. The molecule has 10 nitrogen and oxygen atoms in total. The van der Waals surface area contributed by atoms with Crippen molar-refractivity contribution in [2.24, 2.45) is 5.92 Å². The molecule has 34 heavy (non-hydrogen) atoms. The smallest absolute Gasteiger partial charge is 0.338 e. The normalized spacial score (nSPS) is 14.9. The van der Waals surface area contributed by atoms with Crippen molar-refractivity contribution in [1.82, 2.24) is 10.9 Å². The Morgan fingerprint density at radius 3 is 2.26 bits per heavy atom. The highest BCUT2D eigenvalue weighted by atomic mass is 79.9. The van der Waals surface area contributed by atoms with Gasteiger partial charge in [0.1, 0.15) is 0 Å². The van der Waals surface area contributed by atoms with Crippen molar-refractivity contribution in [3.8, 4) is 0 Å². The van der Waals surface area contributed by atoms with Crippen LogP contribution < -0.4 is 15.8 Å². The molecule has 1 aliphatic rings. The van der Waals surface area contributed by atoms with Crippen molar-refractivity contribution in [3.63, 3.8) is 0 Å². The minimum absolute atomic E-state index is 0.0691. The number of halogens is 1. The van der Waals surface area contributed by atoms with Crippen LogP contribution in [0.1, 0.15) is 34.1 Å². The van der Waals surface area contributed by atoms with E-state index >= 15 is 0 Å². The Bertz CT molecular complexity index is 1090. The molecule has 3 rings (SSSR count). The first kappa shape index (κ1) is 24.9. The Morgan fingerprint density at radius 2 is 1.62 bits per heavy atom. The monoisotopic (exact) mass is 531 g/mol. The Balaban J connectivity index is 1.46. The van der Waals surface area contributed by atoms with Crippen LogP contribution in [0.5, 0.6) is 0 Å². The van der Waals surface area contributed by atoms with Gasteiger partial charge in [0, 0.05) is 28.7 Å². The largest absolute Gasteiger partial charge is 0.462 e. The standard InChI is InChI=1S/C23H22BrN3O7/c1-2-33-22(31)15-5-9-18(10-6-15)27-12-16(11-20(27)29)23(32)34-13-19(28)25-26-21(30)14-3-7-17(24)8-4-14/h3-10,16H,2,11-13H2,1H3,(H,25,28)(H,26,30)/t16-/m1/s1. The van der Waals surface area contributed by atoms with Crippen LogP contribution in [0.4, 0.5) is 5.69 Å². The van der Waals surface area contributed by atoms with Crippen molar-refractivity contribution >= 4 is 51.3 Å². The predicted molar refractivity (Wildman–Crippen MR) is 124 cm³/mol. The number of nitrogens with zero attached hydrogens (tertiary/aromatic N) is 1. The zero-order valence-electron chi connectivity index (χ0n) is 18.2. The fraction of sp³-hybridized carbons (Fsp3) is 0.261. The Kier molecular flexibility index (Phi) is 8.36. The summed E-state index contributed by atoms with van der Waals surface area (Å²) in [4.78, 5) is 61.8. The van der Waals surface area contributed by atoms with Gasteiger partial charge in [0.05, 0.1) is 18.1 Å². The van der Waals surface area contributed by atoms with Gasteiger partial charge < -0.3 is 14.4 Å². The van der Waals surface area contributed by atoms with Crippen molar-refractivity contribution in [3.05, 3.63) is 64.1 Å². The molecule has 11 heteroatoms. The number of rotatable bonds is 7. The molecule has 0 saturated carbocycles. The third kappa shape index (κ3) is 6.41. The van der Waals surface area contributed by atoms with Crippen LogP contribution in [0.25, 0.3) is 0 Å². The van der Waals surface area contributed by atoms with E-state index in [4.69, 9.17) is 9.47 Å². The van der Waals surface area contributed by atoms with E-state index in [1.54, 1.807) is 55.5 Å². The van der Waals surface area contributed by atoms with Gasteiger partial charge in [0.2, 0.25) is 5.91 Å². The number of hydrogen-bond acceptors (Lipinski definition) is 7. The lowest BCUT2D eigenvalue weighted by atomic mass is 10.1. The molecule has 0 radical (unpaired) electrons. The van der Waals surface area contributed by atoms with Gasteiger partial charge in [-0.25, -0.2) is 4.79 Å². The van der Waals surface area contributed by atoms with E-state index < -0.39 is 36.3 Å². The summed E-state index contributed by atoms with van der Waals surface area (Å²) in [5.74, 6) is -3.45. The van der Waals surface area contributed by atoms with Gasteiger partial charge in [0.25, 0.3) is 11.8 Å². The number of benzene rings is 2. The number of anilines is 1. The number of hydrazine groups is 1. The van der Waals surface area contributed by atoms with Crippen molar-refractivity contribution in [2.45, 2.75) is 13.3 Å². The summed E-state index contributed by atoms with van der Waals surface area (Å²) in [5.41, 5.74) is 5.61. The Hall–Kier alpha value is -3.73. The van der Waals surface area contributed by atoms with Gasteiger partial charge in [-0.3, -0.25) is 30.0 Å². The van der Waals surface area contributed by atoms with Crippen molar-refractivity contribution < 1.29 is 33.4 Å². The van der Waals surface area contributed by atoms with Gasteiger partial charge in [-0.05, 0) is 55.5 Å². The number of esters is 2. The van der Waals surface area contributed by atoms with Crippen LogP contribution in [0.3, 0.4) is 0 Å². The van der Waals surface area contributed by atoms with Crippen LogP contribution in [-0.2, 0) is 23.9 Å². The van der Waals surface area contributed by atoms with E-state index in [1.165, 1.54) is 4.90 Å². The second kappa shape index (κ2) is 11.4. The maximum absolute atomic E-state index is 12.4. The van der Waals surface area contributed by atoms with Crippen LogP contribution in [0.15, 0.2) is 53.0 Å². The molecule has 0 aromatic heterocycles. The number of ether oxygens (including phenoxy) is 2. The summed E-state index contributed by atoms with van der Waals surface area (Å²) in [6.07, 6.45) is -0.0691. The Morgan fingerprint density at radius 1 is 0.971 bits per heavy atom. The molecule has 3 amide bonds. The van der Waals surface area contributed by atoms with Crippen molar-refractivity contribution in [2.75, 3.05) is 24.7 Å². The molecule has 2 aromatic carbocycles. The number of amides is 3. The predicted octanol–water partition coefficient (Wildman–Crippen LogP) is 1.98. The van der Waals surface area contributed by atoms with Gasteiger partial charge in [-0.15, -0.1) is 0 Å². The quantitative estimate of drug-likeness (QED) is 0.412. The average Bonchev–Trinajstić information content (AvgIpc) is 3.23. The minimum Gasteiger partial charge on any atom is -0.462 e. The van der Waals surface area contributed by atoms with E-state index in [2.05, 4.69) is 26.8 Å². The number of nitrogens with one attached hydrogen (secondary N) is 2. The lowest BCUT2D eigenvalue weighted by Gasteiger charge is -2.17. The molecular formula is C23H22BrN3O7. The van der Waals surface area contributed by atoms with E-state index in [9.17, 15) is 24.0 Å². The molecule has 1 fully saturated rings. The second-order valence-corrected chi connectivity index (χ2v) is 8.21.